The smallest absolute Gasteiger partial charge is 0.0589 e. The van der Waals surface area contributed by atoms with Gasteiger partial charge in [0, 0.05) is 51.7 Å². The molecule has 0 aliphatic rings. The second kappa shape index (κ2) is 9.03. The van der Waals surface area contributed by atoms with Gasteiger partial charge in [0.2, 0.25) is 0 Å². The van der Waals surface area contributed by atoms with Gasteiger partial charge in [-0.3, -0.25) is 9.88 Å². The molecule has 1 aromatic rings. The van der Waals surface area contributed by atoms with E-state index in [1.807, 2.05) is 12.3 Å². The molecule has 0 radical (unpaired) electrons. The molecule has 18 heavy (non-hydrogen) atoms. The summed E-state index contributed by atoms with van der Waals surface area (Å²) < 4.78 is 5.13. The van der Waals surface area contributed by atoms with Crippen LogP contribution in [0.25, 0.3) is 0 Å². The zero-order valence-electron chi connectivity index (χ0n) is 11.7. The molecule has 0 unspecified atom stereocenters. The number of hydrogen-bond acceptors (Lipinski definition) is 4. The molecule has 0 saturated carbocycles. The van der Waals surface area contributed by atoms with Gasteiger partial charge >= 0.3 is 0 Å². The van der Waals surface area contributed by atoms with Crippen molar-refractivity contribution in [2.24, 2.45) is 0 Å². The summed E-state index contributed by atoms with van der Waals surface area (Å²) >= 11 is 0. The van der Waals surface area contributed by atoms with Crippen molar-refractivity contribution >= 4 is 0 Å². The van der Waals surface area contributed by atoms with Gasteiger partial charge in [-0.1, -0.05) is 6.07 Å². The summed E-state index contributed by atoms with van der Waals surface area (Å²) in [5.41, 5.74) is 1.23. The van der Waals surface area contributed by atoms with Crippen molar-refractivity contribution in [2.75, 3.05) is 33.4 Å². The lowest BCUT2D eigenvalue weighted by Gasteiger charge is -2.26. The third-order valence-corrected chi connectivity index (χ3v) is 2.94. The highest BCUT2D eigenvalue weighted by Gasteiger charge is 2.07. The summed E-state index contributed by atoms with van der Waals surface area (Å²) in [6.45, 7) is 9.12. The molecule has 0 bridgehead atoms. The highest BCUT2D eigenvalue weighted by atomic mass is 16.5. The summed E-state index contributed by atoms with van der Waals surface area (Å²) in [7, 11) is 1.75. The van der Waals surface area contributed by atoms with E-state index in [-0.39, 0.29) is 0 Å². The summed E-state index contributed by atoms with van der Waals surface area (Å²) in [5, 5.41) is 3.44. The standard InChI is InChI=1S/C14H25N3O/c1-13(2)17(9-10-18-3)8-7-16-12-14-5-4-6-15-11-14/h4-6,11,13,16H,7-10,12H2,1-3H3. The monoisotopic (exact) mass is 251 g/mol. The third-order valence-electron chi connectivity index (χ3n) is 2.94. The number of methoxy groups -OCH3 is 1. The molecule has 4 nitrogen and oxygen atoms in total. The molecule has 0 aromatic carbocycles. The molecular weight excluding hydrogens is 226 g/mol. The molecule has 102 valence electrons. The van der Waals surface area contributed by atoms with Crippen LogP contribution in [0.5, 0.6) is 0 Å². The first-order valence-electron chi connectivity index (χ1n) is 6.56. The van der Waals surface area contributed by atoms with Crippen LogP contribution in [-0.4, -0.2) is 49.3 Å². The normalized spacial score (nSPS) is 11.4. The van der Waals surface area contributed by atoms with Crippen molar-refractivity contribution in [3.05, 3.63) is 30.1 Å². The molecule has 0 fully saturated rings. The Hall–Kier alpha value is -0.970. The first kappa shape index (κ1) is 15.1. The highest BCUT2D eigenvalue weighted by Crippen LogP contribution is 1.97. The number of pyridine rings is 1. The van der Waals surface area contributed by atoms with Crippen LogP contribution in [0.4, 0.5) is 0 Å². The van der Waals surface area contributed by atoms with Gasteiger partial charge < -0.3 is 10.1 Å². The van der Waals surface area contributed by atoms with E-state index in [0.717, 1.165) is 32.8 Å². The number of rotatable bonds is 9. The molecule has 0 saturated heterocycles. The highest BCUT2D eigenvalue weighted by molar-refractivity contribution is 5.07. The molecule has 1 N–H and O–H groups in total. The van der Waals surface area contributed by atoms with Crippen LogP contribution in [0.2, 0.25) is 0 Å². The fourth-order valence-electron chi connectivity index (χ4n) is 1.79. The Bertz CT molecular complexity index is 303. The molecular formula is C14H25N3O. The van der Waals surface area contributed by atoms with Crippen LogP contribution in [-0.2, 0) is 11.3 Å². The SMILES string of the molecule is COCCN(CCNCc1cccnc1)C(C)C. The lowest BCUT2D eigenvalue weighted by atomic mass is 10.3. The Balaban J connectivity index is 2.18. The first-order valence-corrected chi connectivity index (χ1v) is 6.56. The molecule has 0 atom stereocenters. The van der Waals surface area contributed by atoms with Crippen molar-refractivity contribution in [3.8, 4) is 0 Å². The van der Waals surface area contributed by atoms with Gasteiger partial charge in [0.05, 0.1) is 6.61 Å². The van der Waals surface area contributed by atoms with Crippen LogP contribution in [0.3, 0.4) is 0 Å². The molecule has 0 amide bonds. The van der Waals surface area contributed by atoms with Crippen LogP contribution < -0.4 is 5.32 Å². The maximum atomic E-state index is 5.13. The summed E-state index contributed by atoms with van der Waals surface area (Å²) in [4.78, 5) is 6.52. The van der Waals surface area contributed by atoms with Crippen molar-refractivity contribution in [1.29, 1.82) is 0 Å². The Morgan fingerprint density at radius 2 is 2.22 bits per heavy atom. The third kappa shape index (κ3) is 6.10. The number of ether oxygens (including phenoxy) is 1. The van der Waals surface area contributed by atoms with Gasteiger partial charge in [0.1, 0.15) is 0 Å². The second-order valence-electron chi connectivity index (χ2n) is 4.66. The first-order chi connectivity index (χ1) is 8.74. The summed E-state index contributed by atoms with van der Waals surface area (Å²) in [6.07, 6.45) is 3.70. The van der Waals surface area contributed by atoms with Crippen molar-refractivity contribution in [1.82, 2.24) is 15.2 Å². The van der Waals surface area contributed by atoms with Gasteiger partial charge in [-0.15, -0.1) is 0 Å². The largest absolute Gasteiger partial charge is 0.383 e. The minimum absolute atomic E-state index is 0.556. The van der Waals surface area contributed by atoms with E-state index in [1.165, 1.54) is 5.56 Å². The molecule has 0 aliphatic heterocycles. The molecule has 1 heterocycles. The lowest BCUT2D eigenvalue weighted by Crippen LogP contribution is -2.38. The van der Waals surface area contributed by atoms with Crippen molar-refractivity contribution in [2.45, 2.75) is 26.4 Å². The summed E-state index contributed by atoms with van der Waals surface area (Å²) in [5.74, 6) is 0. The van der Waals surface area contributed by atoms with Crippen molar-refractivity contribution in [3.63, 3.8) is 0 Å². The van der Waals surface area contributed by atoms with Gasteiger partial charge in [-0.25, -0.2) is 0 Å². The van der Waals surface area contributed by atoms with Crippen LogP contribution in [0, 0.1) is 0 Å². The van der Waals surface area contributed by atoms with E-state index in [9.17, 15) is 0 Å². The van der Waals surface area contributed by atoms with E-state index < -0.39 is 0 Å². The van der Waals surface area contributed by atoms with Crippen LogP contribution in [0.15, 0.2) is 24.5 Å². The number of nitrogens with zero attached hydrogens (tertiary/aromatic N) is 2. The molecule has 1 aromatic heterocycles. The van der Waals surface area contributed by atoms with Crippen LogP contribution in [0.1, 0.15) is 19.4 Å². The van der Waals surface area contributed by atoms with Gasteiger partial charge in [-0.05, 0) is 25.5 Å². The van der Waals surface area contributed by atoms with Gasteiger partial charge in [0.15, 0.2) is 0 Å². The Morgan fingerprint density at radius 3 is 2.83 bits per heavy atom. The van der Waals surface area contributed by atoms with Crippen molar-refractivity contribution < 1.29 is 4.74 Å². The topological polar surface area (TPSA) is 37.4 Å². The average Bonchev–Trinajstić information content (AvgIpc) is 2.38. The summed E-state index contributed by atoms with van der Waals surface area (Å²) in [6, 6.07) is 4.61. The zero-order chi connectivity index (χ0) is 13.2. The fraction of sp³-hybridized carbons (Fsp3) is 0.643. The van der Waals surface area contributed by atoms with E-state index >= 15 is 0 Å². The lowest BCUT2D eigenvalue weighted by molar-refractivity contribution is 0.130. The predicted octanol–water partition coefficient (Wildman–Crippen LogP) is 1.53. The van der Waals surface area contributed by atoms with E-state index in [4.69, 9.17) is 4.74 Å². The average molecular weight is 251 g/mol. The van der Waals surface area contributed by atoms with Gasteiger partial charge in [0.25, 0.3) is 0 Å². The quantitative estimate of drug-likeness (QED) is 0.675. The molecule has 1 rings (SSSR count). The molecule has 0 aliphatic carbocycles. The fourth-order valence-corrected chi connectivity index (χ4v) is 1.79. The maximum Gasteiger partial charge on any atom is 0.0589 e. The van der Waals surface area contributed by atoms with E-state index in [0.29, 0.717) is 6.04 Å². The Morgan fingerprint density at radius 1 is 1.39 bits per heavy atom. The predicted molar refractivity (Wildman–Crippen MR) is 74.5 cm³/mol. The minimum Gasteiger partial charge on any atom is -0.383 e. The number of nitrogens with one attached hydrogen (secondary N) is 1. The molecule has 4 heteroatoms. The Labute approximate surface area is 110 Å². The molecule has 0 spiro atoms. The number of hydrogen-bond donors (Lipinski definition) is 1. The Kier molecular flexibility index (Phi) is 7.57. The maximum absolute atomic E-state index is 5.13. The zero-order valence-corrected chi connectivity index (χ0v) is 11.7. The second-order valence-corrected chi connectivity index (χ2v) is 4.66. The van der Waals surface area contributed by atoms with Crippen LogP contribution >= 0.6 is 0 Å². The van der Waals surface area contributed by atoms with E-state index in [1.54, 1.807) is 13.3 Å². The minimum atomic E-state index is 0.556. The van der Waals surface area contributed by atoms with E-state index in [2.05, 4.69) is 35.1 Å². The van der Waals surface area contributed by atoms with Gasteiger partial charge in [-0.2, -0.15) is 0 Å². The number of aromatic nitrogens is 1.